The first-order valence-corrected chi connectivity index (χ1v) is 13.7. The molecule has 42 heavy (non-hydrogen) atoms. The molecule has 1 N–H and O–H groups in total. The summed E-state index contributed by atoms with van der Waals surface area (Å²) in [5.41, 5.74) is 1.22. The lowest BCUT2D eigenvalue weighted by Crippen LogP contribution is -2.51. The Morgan fingerprint density at radius 1 is 0.881 bits per heavy atom. The molecule has 3 aliphatic heterocycles. The molecule has 3 heterocycles. The number of nitrogens with zero attached hydrogens (tertiary/aromatic N) is 2. The first-order valence-electron chi connectivity index (χ1n) is 13.4. The number of carbonyl (C=O) groups is 3. The average Bonchev–Trinajstić information content (AvgIpc) is 3.49. The molecule has 4 aromatic rings. The molecule has 8 nitrogen and oxygen atoms in total. The number of hydrogen-bond donors (Lipinski definition) is 1. The second kappa shape index (κ2) is 9.49. The topological polar surface area (TPSA) is 110 Å². The van der Waals surface area contributed by atoms with E-state index in [2.05, 4.69) is 5.32 Å². The van der Waals surface area contributed by atoms with E-state index >= 15 is 0 Å². The maximum atomic E-state index is 14.8. The third-order valence-electron chi connectivity index (χ3n) is 8.55. The van der Waals surface area contributed by atoms with Crippen LogP contribution in [0.5, 0.6) is 0 Å². The summed E-state index contributed by atoms with van der Waals surface area (Å²) < 4.78 is 0. The number of carbonyl (C=O) groups excluding carboxylic acids is 3. The molecule has 1 amide bonds. The van der Waals surface area contributed by atoms with Gasteiger partial charge in [-0.15, -0.1) is 0 Å². The van der Waals surface area contributed by atoms with E-state index in [1.807, 2.05) is 17.1 Å². The van der Waals surface area contributed by atoms with Gasteiger partial charge in [-0.2, -0.15) is 0 Å². The van der Waals surface area contributed by atoms with Gasteiger partial charge in [-0.1, -0.05) is 84.4 Å². The molecule has 0 saturated carbocycles. The number of nitro groups is 1. The van der Waals surface area contributed by atoms with E-state index in [0.717, 1.165) is 5.56 Å². The number of halogens is 1. The molecule has 7 rings (SSSR count). The average molecular weight is 576 g/mol. The minimum absolute atomic E-state index is 0.0526. The first kappa shape index (κ1) is 25.9. The van der Waals surface area contributed by atoms with Crippen LogP contribution in [0.2, 0.25) is 5.02 Å². The molecular weight excluding hydrogens is 554 g/mol. The summed E-state index contributed by atoms with van der Waals surface area (Å²) in [4.78, 5) is 56.6. The number of amides is 1. The van der Waals surface area contributed by atoms with Gasteiger partial charge < -0.3 is 10.2 Å². The third-order valence-corrected chi connectivity index (χ3v) is 8.78. The van der Waals surface area contributed by atoms with Gasteiger partial charge in [-0.3, -0.25) is 24.5 Å². The minimum Gasteiger partial charge on any atom is -0.352 e. The highest BCUT2D eigenvalue weighted by molar-refractivity contribution is 6.31. The normalized spacial score (nSPS) is 23.2. The molecule has 0 aliphatic carbocycles. The number of fused-ring (bicyclic) bond motifs is 6. The van der Waals surface area contributed by atoms with E-state index in [9.17, 15) is 24.5 Å². The fourth-order valence-electron chi connectivity index (χ4n) is 6.88. The van der Waals surface area contributed by atoms with Crippen molar-refractivity contribution in [2.45, 2.75) is 17.5 Å². The standard InChI is InChI=1S/C33H22ClN3O5/c34-22-14-15-26-20(17-22)13-16-27-33(24-11-4-5-12-25(24)35-32(33)40)28(30(38)21-9-6-10-23(18-21)37(41)42)29(36(26)27)31(39)19-7-2-1-3-8-19/h1-18,27-29H,(H,35,40)/t27-,28+,29-,33-/m0/s1. The van der Waals surface area contributed by atoms with Crippen LogP contribution in [0.4, 0.5) is 17.1 Å². The summed E-state index contributed by atoms with van der Waals surface area (Å²) in [6.07, 6.45) is 3.72. The number of para-hydroxylation sites is 1. The van der Waals surface area contributed by atoms with Crippen LogP contribution in [-0.2, 0) is 10.2 Å². The van der Waals surface area contributed by atoms with Crippen LogP contribution in [-0.4, -0.2) is 34.5 Å². The van der Waals surface area contributed by atoms with E-state index in [1.165, 1.54) is 24.3 Å². The number of Topliss-reactive ketones (excluding diaryl/α,β-unsaturated/α-hetero) is 2. The lowest BCUT2D eigenvalue weighted by atomic mass is 9.64. The highest BCUT2D eigenvalue weighted by Crippen LogP contribution is 2.58. The summed E-state index contributed by atoms with van der Waals surface area (Å²) in [7, 11) is 0. The second-order valence-corrected chi connectivity index (χ2v) is 11.0. The van der Waals surface area contributed by atoms with Gasteiger partial charge in [0.1, 0.15) is 11.5 Å². The maximum Gasteiger partial charge on any atom is 0.270 e. The van der Waals surface area contributed by atoms with Crippen molar-refractivity contribution in [2.75, 3.05) is 10.2 Å². The Kier molecular flexibility index (Phi) is 5.85. The number of non-ortho nitro benzene ring substituents is 1. The minimum atomic E-state index is -1.51. The smallest absolute Gasteiger partial charge is 0.270 e. The Morgan fingerprint density at radius 2 is 1.62 bits per heavy atom. The summed E-state index contributed by atoms with van der Waals surface area (Å²) >= 11 is 6.33. The highest BCUT2D eigenvalue weighted by atomic mass is 35.5. The number of nitrogens with one attached hydrogen (secondary N) is 1. The summed E-state index contributed by atoms with van der Waals surface area (Å²) in [6.45, 7) is 0. The molecule has 4 atom stereocenters. The lowest BCUT2D eigenvalue weighted by molar-refractivity contribution is -0.384. The van der Waals surface area contributed by atoms with Crippen molar-refractivity contribution in [1.82, 2.24) is 0 Å². The maximum absolute atomic E-state index is 14.8. The monoisotopic (exact) mass is 575 g/mol. The highest BCUT2D eigenvalue weighted by Gasteiger charge is 2.70. The Balaban J connectivity index is 1.54. The molecule has 206 valence electrons. The van der Waals surface area contributed by atoms with Crippen LogP contribution in [0, 0.1) is 16.0 Å². The number of benzene rings is 4. The summed E-state index contributed by atoms with van der Waals surface area (Å²) in [5.74, 6) is -2.51. The van der Waals surface area contributed by atoms with Crippen LogP contribution in [0.1, 0.15) is 31.8 Å². The van der Waals surface area contributed by atoms with Crippen LogP contribution in [0.15, 0.2) is 103 Å². The van der Waals surface area contributed by atoms with E-state index in [0.29, 0.717) is 27.5 Å². The quantitative estimate of drug-likeness (QED) is 0.175. The zero-order valence-corrected chi connectivity index (χ0v) is 22.7. The van der Waals surface area contributed by atoms with Crippen LogP contribution in [0.25, 0.3) is 6.08 Å². The molecular formula is C33H22ClN3O5. The number of nitro benzene ring substituents is 1. The van der Waals surface area contributed by atoms with Gasteiger partial charge in [-0.25, -0.2) is 0 Å². The van der Waals surface area contributed by atoms with Crippen molar-refractivity contribution in [3.8, 4) is 0 Å². The van der Waals surface area contributed by atoms with E-state index < -0.39 is 40.0 Å². The second-order valence-electron chi connectivity index (χ2n) is 10.6. The zero-order chi connectivity index (χ0) is 29.2. The molecule has 0 radical (unpaired) electrons. The molecule has 3 aliphatic rings. The number of anilines is 2. The number of hydrogen-bond acceptors (Lipinski definition) is 6. The molecule has 0 bridgehead atoms. The number of ketones is 2. The third kappa shape index (κ3) is 3.58. The van der Waals surface area contributed by atoms with E-state index in [-0.39, 0.29) is 17.0 Å². The molecule has 0 unspecified atom stereocenters. The predicted molar refractivity (Wildman–Crippen MR) is 159 cm³/mol. The fourth-order valence-corrected chi connectivity index (χ4v) is 7.06. The van der Waals surface area contributed by atoms with Gasteiger partial charge in [0, 0.05) is 39.7 Å². The van der Waals surface area contributed by atoms with Crippen LogP contribution < -0.4 is 10.2 Å². The lowest BCUT2D eigenvalue weighted by Gasteiger charge is -2.37. The molecule has 1 spiro atoms. The predicted octanol–water partition coefficient (Wildman–Crippen LogP) is 6.10. The van der Waals surface area contributed by atoms with Crippen molar-refractivity contribution in [1.29, 1.82) is 0 Å². The Morgan fingerprint density at radius 3 is 2.40 bits per heavy atom. The largest absolute Gasteiger partial charge is 0.352 e. The fraction of sp³-hybridized carbons (Fsp3) is 0.121. The molecule has 0 aromatic heterocycles. The zero-order valence-electron chi connectivity index (χ0n) is 21.9. The Hall–Kier alpha value is -5.08. The summed E-state index contributed by atoms with van der Waals surface area (Å²) in [6, 6.07) is 24.7. The summed E-state index contributed by atoms with van der Waals surface area (Å²) in [5, 5.41) is 15.1. The number of rotatable bonds is 5. The van der Waals surface area contributed by atoms with Gasteiger partial charge in [-0.05, 0) is 35.4 Å². The van der Waals surface area contributed by atoms with E-state index in [4.69, 9.17) is 11.6 Å². The van der Waals surface area contributed by atoms with Gasteiger partial charge >= 0.3 is 0 Å². The van der Waals surface area contributed by atoms with Gasteiger partial charge in [0.15, 0.2) is 11.6 Å². The van der Waals surface area contributed by atoms with E-state index in [1.54, 1.807) is 72.8 Å². The molecule has 1 fully saturated rings. The van der Waals surface area contributed by atoms with Crippen molar-refractivity contribution >= 4 is 52.2 Å². The van der Waals surface area contributed by atoms with Gasteiger partial charge in [0.25, 0.3) is 5.69 Å². The van der Waals surface area contributed by atoms with Crippen molar-refractivity contribution < 1.29 is 19.3 Å². The van der Waals surface area contributed by atoms with Gasteiger partial charge in [0.05, 0.1) is 16.9 Å². The van der Waals surface area contributed by atoms with Crippen molar-refractivity contribution in [2.24, 2.45) is 5.92 Å². The SMILES string of the molecule is O=C(c1ccccc1)[C@@H]1[C@H](C(=O)c2cccc([N+](=O)[O-])c2)[C@@]2(C(=O)Nc3ccccc32)[C@@H]2C=Cc3cc(Cl)ccc3N12. The van der Waals surface area contributed by atoms with Crippen LogP contribution >= 0.6 is 11.6 Å². The Labute approximate surface area is 245 Å². The van der Waals surface area contributed by atoms with Crippen molar-refractivity contribution in [3.63, 3.8) is 0 Å². The van der Waals surface area contributed by atoms with Crippen molar-refractivity contribution in [3.05, 3.63) is 141 Å². The molecule has 1 saturated heterocycles. The Bertz CT molecular complexity index is 1860. The molecule has 9 heteroatoms. The van der Waals surface area contributed by atoms with Gasteiger partial charge in [0.2, 0.25) is 5.91 Å². The van der Waals surface area contributed by atoms with Crippen LogP contribution in [0.3, 0.4) is 0 Å². The first-order chi connectivity index (χ1) is 20.3. The molecule has 4 aromatic carbocycles.